The van der Waals surface area contributed by atoms with Crippen LogP contribution in [0.4, 0.5) is 0 Å². The van der Waals surface area contributed by atoms with Crippen molar-refractivity contribution < 1.29 is 12.9 Å². The zero-order chi connectivity index (χ0) is 12.7. The third kappa shape index (κ3) is 5.81. The van der Waals surface area contributed by atoms with Crippen molar-refractivity contribution in [1.29, 1.82) is 0 Å². The van der Waals surface area contributed by atoms with E-state index in [1.165, 1.54) is 0 Å². The van der Waals surface area contributed by atoms with Gasteiger partial charge in [0.1, 0.15) is 5.76 Å². The number of nitrogens with zero attached hydrogens (tertiary/aromatic N) is 1. The van der Waals surface area contributed by atoms with E-state index in [1.54, 1.807) is 13.0 Å². The summed E-state index contributed by atoms with van der Waals surface area (Å²) in [5, 5.41) is 6.69. The lowest BCUT2D eigenvalue weighted by Crippen LogP contribution is -2.26. The standard InChI is InChI=1S/C10H19N3O3S/c1-9-7-10(13-16-9)8-12-17(14,15)6-4-3-5-11-2/h7,11-12H,3-6,8H2,1-2H3. The van der Waals surface area contributed by atoms with Crippen LogP contribution in [0.1, 0.15) is 24.3 Å². The molecule has 0 aliphatic rings. The van der Waals surface area contributed by atoms with Gasteiger partial charge in [-0.25, -0.2) is 13.1 Å². The van der Waals surface area contributed by atoms with Crippen LogP contribution in [0.2, 0.25) is 0 Å². The Morgan fingerprint density at radius 2 is 2.18 bits per heavy atom. The van der Waals surface area contributed by atoms with Crippen LogP contribution in [0.15, 0.2) is 10.6 Å². The maximum absolute atomic E-state index is 11.6. The van der Waals surface area contributed by atoms with Gasteiger partial charge < -0.3 is 9.84 Å². The van der Waals surface area contributed by atoms with E-state index in [0.29, 0.717) is 17.9 Å². The van der Waals surface area contributed by atoms with Gasteiger partial charge in [-0.15, -0.1) is 0 Å². The van der Waals surface area contributed by atoms with Gasteiger partial charge in [-0.1, -0.05) is 5.16 Å². The SMILES string of the molecule is CNCCCCS(=O)(=O)NCc1cc(C)on1. The molecule has 1 heterocycles. The molecule has 0 saturated carbocycles. The summed E-state index contributed by atoms with van der Waals surface area (Å²) in [6.45, 7) is 2.78. The molecule has 17 heavy (non-hydrogen) atoms. The smallest absolute Gasteiger partial charge is 0.211 e. The van der Waals surface area contributed by atoms with Crippen LogP contribution in [0.25, 0.3) is 0 Å². The van der Waals surface area contributed by atoms with Gasteiger partial charge in [-0.3, -0.25) is 0 Å². The molecule has 0 aromatic carbocycles. The highest BCUT2D eigenvalue weighted by molar-refractivity contribution is 7.89. The summed E-state index contributed by atoms with van der Waals surface area (Å²) >= 11 is 0. The van der Waals surface area contributed by atoms with Crippen molar-refractivity contribution in [2.24, 2.45) is 0 Å². The van der Waals surface area contributed by atoms with Crippen molar-refractivity contribution in [2.75, 3.05) is 19.3 Å². The molecule has 0 radical (unpaired) electrons. The van der Waals surface area contributed by atoms with Crippen molar-refractivity contribution in [3.05, 3.63) is 17.5 Å². The molecule has 0 saturated heterocycles. The number of aromatic nitrogens is 1. The van der Waals surface area contributed by atoms with E-state index in [0.717, 1.165) is 13.0 Å². The Morgan fingerprint density at radius 3 is 2.76 bits per heavy atom. The molecule has 0 spiro atoms. The summed E-state index contributed by atoms with van der Waals surface area (Å²) in [4.78, 5) is 0. The number of hydrogen-bond donors (Lipinski definition) is 2. The highest BCUT2D eigenvalue weighted by Crippen LogP contribution is 2.02. The Balaban J connectivity index is 2.29. The number of nitrogens with one attached hydrogen (secondary N) is 2. The van der Waals surface area contributed by atoms with Gasteiger partial charge in [0.2, 0.25) is 10.0 Å². The molecule has 98 valence electrons. The van der Waals surface area contributed by atoms with Crippen molar-refractivity contribution in [1.82, 2.24) is 15.2 Å². The van der Waals surface area contributed by atoms with E-state index in [1.807, 2.05) is 7.05 Å². The summed E-state index contributed by atoms with van der Waals surface area (Å²) in [5.41, 5.74) is 0.598. The predicted octanol–water partition coefficient (Wildman–Crippen LogP) is 0.402. The van der Waals surface area contributed by atoms with Gasteiger partial charge in [0.25, 0.3) is 0 Å². The molecule has 0 aliphatic carbocycles. The molecule has 1 aromatic heterocycles. The minimum Gasteiger partial charge on any atom is -0.361 e. The Hall–Kier alpha value is -0.920. The van der Waals surface area contributed by atoms with E-state index >= 15 is 0 Å². The second-order valence-corrected chi connectivity index (χ2v) is 5.81. The largest absolute Gasteiger partial charge is 0.361 e. The van der Waals surface area contributed by atoms with Gasteiger partial charge in [0.05, 0.1) is 18.0 Å². The molecule has 0 amide bonds. The normalized spacial score (nSPS) is 11.9. The second-order valence-electron chi connectivity index (χ2n) is 3.88. The van der Waals surface area contributed by atoms with Crippen molar-refractivity contribution in [2.45, 2.75) is 26.3 Å². The molecule has 0 fully saturated rings. The highest BCUT2D eigenvalue weighted by atomic mass is 32.2. The van der Waals surface area contributed by atoms with Crippen LogP contribution in [-0.4, -0.2) is 32.9 Å². The topological polar surface area (TPSA) is 84.2 Å². The first kappa shape index (κ1) is 14.1. The van der Waals surface area contributed by atoms with Crippen LogP contribution < -0.4 is 10.0 Å². The zero-order valence-corrected chi connectivity index (χ0v) is 11.0. The minimum atomic E-state index is -3.21. The van der Waals surface area contributed by atoms with Crippen molar-refractivity contribution >= 4 is 10.0 Å². The molecular weight excluding hydrogens is 242 g/mol. The van der Waals surface area contributed by atoms with Gasteiger partial charge in [0, 0.05) is 6.07 Å². The van der Waals surface area contributed by atoms with Gasteiger partial charge in [-0.05, 0) is 33.4 Å². The summed E-state index contributed by atoms with van der Waals surface area (Å²) in [6, 6.07) is 1.71. The Morgan fingerprint density at radius 1 is 1.41 bits per heavy atom. The molecule has 1 rings (SSSR count). The minimum absolute atomic E-state index is 0.144. The molecule has 2 N–H and O–H groups in total. The Labute approximate surface area is 102 Å². The average molecular weight is 261 g/mol. The van der Waals surface area contributed by atoms with Gasteiger partial charge in [-0.2, -0.15) is 0 Å². The fraction of sp³-hybridized carbons (Fsp3) is 0.700. The number of aryl methyl sites for hydroxylation is 1. The zero-order valence-electron chi connectivity index (χ0n) is 10.2. The summed E-state index contributed by atoms with van der Waals surface area (Å²) in [7, 11) is -1.36. The van der Waals surface area contributed by atoms with E-state index in [9.17, 15) is 8.42 Å². The first-order valence-electron chi connectivity index (χ1n) is 5.57. The molecule has 0 bridgehead atoms. The number of sulfonamides is 1. The first-order chi connectivity index (χ1) is 8.03. The van der Waals surface area contributed by atoms with Crippen LogP contribution in [-0.2, 0) is 16.6 Å². The van der Waals surface area contributed by atoms with Crippen LogP contribution in [0, 0.1) is 6.92 Å². The molecule has 1 aromatic rings. The molecule has 7 heteroatoms. The van der Waals surface area contributed by atoms with E-state index in [2.05, 4.69) is 15.2 Å². The van der Waals surface area contributed by atoms with E-state index < -0.39 is 10.0 Å². The third-order valence-electron chi connectivity index (χ3n) is 2.24. The quantitative estimate of drug-likeness (QED) is 0.662. The third-order valence-corrected chi connectivity index (χ3v) is 3.65. The lowest BCUT2D eigenvalue weighted by Gasteiger charge is -2.04. The fourth-order valence-electron chi connectivity index (χ4n) is 1.35. The molecule has 0 unspecified atom stereocenters. The van der Waals surface area contributed by atoms with Gasteiger partial charge >= 0.3 is 0 Å². The van der Waals surface area contributed by atoms with Crippen molar-refractivity contribution in [3.8, 4) is 0 Å². The number of hydrogen-bond acceptors (Lipinski definition) is 5. The van der Waals surface area contributed by atoms with Gasteiger partial charge in [0.15, 0.2) is 0 Å². The monoisotopic (exact) mass is 261 g/mol. The van der Waals surface area contributed by atoms with Crippen LogP contribution in [0.5, 0.6) is 0 Å². The Kier molecular flexibility index (Phi) is 5.60. The fourth-order valence-corrected chi connectivity index (χ4v) is 2.45. The highest BCUT2D eigenvalue weighted by Gasteiger charge is 2.10. The number of unbranched alkanes of at least 4 members (excludes halogenated alkanes) is 1. The average Bonchev–Trinajstić information content (AvgIpc) is 2.68. The van der Waals surface area contributed by atoms with Crippen LogP contribution >= 0.6 is 0 Å². The molecule has 0 atom stereocenters. The second kappa shape index (κ2) is 6.73. The number of rotatable bonds is 8. The van der Waals surface area contributed by atoms with Crippen LogP contribution in [0.3, 0.4) is 0 Å². The summed E-state index contributed by atoms with van der Waals surface area (Å²) < 4.78 is 30.5. The maximum atomic E-state index is 11.6. The van der Waals surface area contributed by atoms with E-state index in [4.69, 9.17) is 4.52 Å². The summed E-state index contributed by atoms with van der Waals surface area (Å²) in [5.74, 6) is 0.819. The molecule has 0 aliphatic heterocycles. The van der Waals surface area contributed by atoms with E-state index in [-0.39, 0.29) is 12.3 Å². The lowest BCUT2D eigenvalue weighted by atomic mass is 10.3. The Bertz CT molecular complexity index is 428. The molecule has 6 nitrogen and oxygen atoms in total. The first-order valence-corrected chi connectivity index (χ1v) is 7.23. The maximum Gasteiger partial charge on any atom is 0.211 e. The molecular formula is C10H19N3O3S. The predicted molar refractivity (Wildman–Crippen MR) is 65.0 cm³/mol. The van der Waals surface area contributed by atoms with Crippen molar-refractivity contribution in [3.63, 3.8) is 0 Å². The summed E-state index contributed by atoms with van der Waals surface area (Å²) in [6.07, 6.45) is 1.49. The lowest BCUT2D eigenvalue weighted by molar-refractivity contribution is 0.390.